The highest BCUT2D eigenvalue weighted by molar-refractivity contribution is 7.92. The topological polar surface area (TPSA) is 59.1 Å². The first-order chi connectivity index (χ1) is 13.5. The highest BCUT2D eigenvalue weighted by atomic mass is 35.5. The fourth-order valence-corrected chi connectivity index (χ4v) is 4.35. The molecule has 0 unspecified atom stereocenters. The molecule has 0 aliphatic rings. The summed E-state index contributed by atoms with van der Waals surface area (Å²) in [6.07, 6.45) is 0. The molecule has 1 heterocycles. The van der Waals surface area contributed by atoms with Gasteiger partial charge in [0, 0.05) is 16.0 Å². The number of nitrogens with zero attached hydrogens (tertiary/aromatic N) is 1. The maximum Gasteiger partial charge on any atom is 0.263 e. The second kappa shape index (κ2) is 7.26. The fourth-order valence-electron chi connectivity index (χ4n) is 3.21. The molecule has 0 bridgehead atoms. The number of hydrogen-bond acceptors (Lipinski definition) is 3. The third kappa shape index (κ3) is 3.46. The van der Waals surface area contributed by atoms with Crippen LogP contribution in [0.4, 0.5) is 5.82 Å². The lowest BCUT2D eigenvalue weighted by Crippen LogP contribution is -2.15. The van der Waals surface area contributed by atoms with E-state index in [9.17, 15) is 8.42 Å². The molecular formula is C22H17ClN2O2S. The summed E-state index contributed by atoms with van der Waals surface area (Å²) < 4.78 is 28.6. The molecule has 0 amide bonds. The van der Waals surface area contributed by atoms with E-state index in [0.717, 1.165) is 27.6 Å². The number of benzene rings is 3. The van der Waals surface area contributed by atoms with E-state index in [1.165, 1.54) is 12.1 Å². The molecule has 0 saturated heterocycles. The molecule has 6 heteroatoms. The largest absolute Gasteiger partial charge is 0.263 e. The van der Waals surface area contributed by atoms with Gasteiger partial charge >= 0.3 is 0 Å². The summed E-state index contributed by atoms with van der Waals surface area (Å²) in [4.78, 5) is 4.75. The summed E-state index contributed by atoms with van der Waals surface area (Å²) >= 11 is 5.89. The molecule has 0 atom stereocenters. The van der Waals surface area contributed by atoms with Gasteiger partial charge in [-0.3, -0.25) is 4.72 Å². The summed E-state index contributed by atoms with van der Waals surface area (Å²) in [5.41, 5.74) is 3.35. The van der Waals surface area contributed by atoms with Gasteiger partial charge in [-0.2, -0.15) is 0 Å². The molecule has 3 aromatic carbocycles. The van der Waals surface area contributed by atoms with Crippen molar-refractivity contribution in [2.24, 2.45) is 0 Å². The van der Waals surface area contributed by atoms with Gasteiger partial charge in [0.2, 0.25) is 0 Å². The van der Waals surface area contributed by atoms with Crippen molar-refractivity contribution in [1.82, 2.24) is 4.98 Å². The van der Waals surface area contributed by atoms with Gasteiger partial charge in [0.15, 0.2) is 0 Å². The second-order valence-electron chi connectivity index (χ2n) is 6.40. The normalized spacial score (nSPS) is 11.5. The Hall–Kier alpha value is -2.89. The minimum Gasteiger partial charge on any atom is -0.263 e. The third-order valence-electron chi connectivity index (χ3n) is 4.57. The molecule has 0 aliphatic carbocycles. The Kier molecular flexibility index (Phi) is 4.79. The van der Waals surface area contributed by atoms with Gasteiger partial charge in [0.1, 0.15) is 5.82 Å². The maximum atomic E-state index is 12.9. The van der Waals surface area contributed by atoms with E-state index in [2.05, 4.69) is 9.71 Å². The molecule has 0 aliphatic heterocycles. The number of aromatic nitrogens is 1. The minimum atomic E-state index is -3.82. The lowest BCUT2D eigenvalue weighted by atomic mass is 9.98. The predicted octanol–water partition coefficient (Wildman–Crippen LogP) is 5.66. The molecule has 0 spiro atoms. The molecule has 4 nitrogen and oxygen atoms in total. The van der Waals surface area contributed by atoms with Gasteiger partial charge in [-0.05, 0) is 48.4 Å². The summed E-state index contributed by atoms with van der Waals surface area (Å²) in [6, 6.07) is 23.4. The van der Waals surface area contributed by atoms with Crippen LogP contribution in [0.15, 0.2) is 83.8 Å². The number of pyridine rings is 1. The van der Waals surface area contributed by atoms with E-state index in [4.69, 9.17) is 11.6 Å². The molecule has 0 radical (unpaired) electrons. The zero-order valence-corrected chi connectivity index (χ0v) is 16.6. The molecule has 4 aromatic rings. The summed E-state index contributed by atoms with van der Waals surface area (Å²) in [7, 11) is -3.82. The second-order valence-corrected chi connectivity index (χ2v) is 8.52. The molecule has 0 fully saturated rings. The van der Waals surface area contributed by atoms with Gasteiger partial charge in [-0.25, -0.2) is 13.4 Å². The SMILES string of the molecule is Cc1c(-c2ccccc2)c(NS(=O)(=O)c2ccc(Cl)cc2)nc2ccccc12. The number of halogens is 1. The lowest BCUT2D eigenvalue weighted by molar-refractivity contribution is 0.601. The van der Waals surface area contributed by atoms with Gasteiger partial charge in [0.05, 0.1) is 10.4 Å². The van der Waals surface area contributed by atoms with E-state index >= 15 is 0 Å². The van der Waals surface area contributed by atoms with E-state index < -0.39 is 10.0 Å². The number of fused-ring (bicyclic) bond motifs is 1. The molecule has 140 valence electrons. The minimum absolute atomic E-state index is 0.128. The Labute approximate surface area is 168 Å². The number of anilines is 1. The average molecular weight is 409 g/mol. The number of rotatable bonds is 4. The van der Waals surface area contributed by atoms with Crippen LogP contribution in [0.3, 0.4) is 0 Å². The van der Waals surface area contributed by atoms with Crippen molar-refractivity contribution in [3.8, 4) is 11.1 Å². The quantitative estimate of drug-likeness (QED) is 0.473. The van der Waals surface area contributed by atoms with Crippen molar-refractivity contribution in [1.29, 1.82) is 0 Å². The smallest absolute Gasteiger partial charge is 0.263 e. The summed E-state index contributed by atoms with van der Waals surface area (Å²) in [6.45, 7) is 1.98. The zero-order chi connectivity index (χ0) is 19.7. The van der Waals surface area contributed by atoms with Crippen LogP contribution in [-0.2, 0) is 10.0 Å². The fraction of sp³-hybridized carbons (Fsp3) is 0.0455. The molecule has 0 saturated carbocycles. The van der Waals surface area contributed by atoms with Crippen LogP contribution in [0.25, 0.3) is 22.0 Å². The highest BCUT2D eigenvalue weighted by Gasteiger charge is 2.20. The van der Waals surface area contributed by atoms with Crippen molar-refractivity contribution >= 4 is 38.3 Å². The van der Waals surface area contributed by atoms with Gasteiger partial charge < -0.3 is 0 Å². The third-order valence-corrected chi connectivity index (χ3v) is 6.18. The highest BCUT2D eigenvalue weighted by Crippen LogP contribution is 2.35. The zero-order valence-electron chi connectivity index (χ0n) is 15.1. The van der Waals surface area contributed by atoms with Crippen LogP contribution in [0.5, 0.6) is 0 Å². The predicted molar refractivity (Wildman–Crippen MR) is 114 cm³/mol. The first kappa shape index (κ1) is 18.5. The van der Waals surface area contributed by atoms with Crippen molar-refractivity contribution in [3.63, 3.8) is 0 Å². The number of aryl methyl sites for hydroxylation is 1. The van der Waals surface area contributed by atoms with Crippen LogP contribution in [0, 0.1) is 6.92 Å². The van der Waals surface area contributed by atoms with Crippen molar-refractivity contribution in [3.05, 3.63) is 89.4 Å². The van der Waals surface area contributed by atoms with Crippen molar-refractivity contribution < 1.29 is 8.42 Å². The molecule has 1 N–H and O–H groups in total. The Morgan fingerprint density at radius 3 is 2.21 bits per heavy atom. The number of hydrogen-bond donors (Lipinski definition) is 1. The Morgan fingerprint density at radius 1 is 0.857 bits per heavy atom. The van der Waals surface area contributed by atoms with Crippen molar-refractivity contribution in [2.75, 3.05) is 4.72 Å². The van der Waals surface area contributed by atoms with Gasteiger partial charge in [-0.15, -0.1) is 0 Å². The Morgan fingerprint density at radius 2 is 1.50 bits per heavy atom. The Bertz CT molecular complexity index is 1260. The van der Waals surface area contributed by atoms with Crippen LogP contribution in [-0.4, -0.2) is 13.4 Å². The monoisotopic (exact) mass is 408 g/mol. The van der Waals surface area contributed by atoms with Gasteiger partial charge in [0.25, 0.3) is 10.0 Å². The Balaban J connectivity index is 1.91. The molecule has 28 heavy (non-hydrogen) atoms. The van der Waals surface area contributed by atoms with Crippen LogP contribution in [0.1, 0.15) is 5.56 Å². The lowest BCUT2D eigenvalue weighted by Gasteiger charge is -2.16. The first-order valence-corrected chi connectivity index (χ1v) is 10.5. The van der Waals surface area contributed by atoms with E-state index in [0.29, 0.717) is 10.8 Å². The van der Waals surface area contributed by atoms with Crippen LogP contribution >= 0.6 is 11.6 Å². The van der Waals surface area contributed by atoms with Crippen molar-refractivity contribution in [2.45, 2.75) is 11.8 Å². The summed E-state index contributed by atoms with van der Waals surface area (Å²) in [5, 5.41) is 1.46. The van der Waals surface area contributed by atoms with Crippen LogP contribution in [0.2, 0.25) is 5.02 Å². The van der Waals surface area contributed by atoms with E-state index in [1.807, 2.05) is 61.5 Å². The number of para-hydroxylation sites is 1. The van der Waals surface area contributed by atoms with E-state index in [-0.39, 0.29) is 4.90 Å². The number of nitrogens with one attached hydrogen (secondary N) is 1. The maximum absolute atomic E-state index is 12.9. The van der Waals surface area contributed by atoms with Gasteiger partial charge in [-0.1, -0.05) is 60.1 Å². The van der Waals surface area contributed by atoms with Crippen LogP contribution < -0.4 is 4.72 Å². The molecular weight excluding hydrogens is 392 g/mol. The molecule has 4 rings (SSSR count). The first-order valence-electron chi connectivity index (χ1n) is 8.69. The number of sulfonamides is 1. The summed E-state index contributed by atoms with van der Waals surface area (Å²) in [5.74, 6) is 0.303. The van der Waals surface area contributed by atoms with E-state index in [1.54, 1.807) is 12.1 Å². The molecule has 1 aromatic heterocycles. The standard InChI is InChI=1S/C22H17ClN2O2S/c1-15-19-9-5-6-10-20(19)24-22(21(15)16-7-3-2-4-8-16)25-28(26,27)18-13-11-17(23)12-14-18/h2-14H,1H3,(H,24,25). The average Bonchev–Trinajstić information content (AvgIpc) is 2.69.